The van der Waals surface area contributed by atoms with Crippen LogP contribution < -0.4 is 5.73 Å². The highest BCUT2D eigenvalue weighted by atomic mass is 32.2. The van der Waals surface area contributed by atoms with Gasteiger partial charge in [-0.05, 0) is 32.2 Å². The molecule has 114 valence electrons. The average molecular weight is 316 g/mol. The number of nitrogen functional groups attached to an aromatic ring is 1. The fourth-order valence-electron chi connectivity index (χ4n) is 1.87. The number of imidazole rings is 1. The maximum atomic E-state index is 12.4. The molecule has 22 heavy (non-hydrogen) atoms. The second kappa shape index (κ2) is 6.12. The summed E-state index contributed by atoms with van der Waals surface area (Å²) < 4.78 is 6.86. The van der Waals surface area contributed by atoms with E-state index in [-0.39, 0.29) is 11.5 Å². The molecule has 0 atom stereocenters. The summed E-state index contributed by atoms with van der Waals surface area (Å²) in [6.45, 7) is 3.03. The number of hydrogen-bond donors (Lipinski definition) is 1. The van der Waals surface area contributed by atoms with E-state index in [1.807, 2.05) is 42.7 Å². The Kier molecular flexibility index (Phi) is 4.43. The summed E-state index contributed by atoms with van der Waals surface area (Å²) in [7, 11) is 0. The predicted molar refractivity (Wildman–Crippen MR) is 84.9 cm³/mol. The third kappa shape index (κ3) is 3.07. The number of hydrogen-bond acceptors (Lipinski definition) is 6. The van der Waals surface area contributed by atoms with Gasteiger partial charge in [-0.3, -0.25) is 4.57 Å². The van der Waals surface area contributed by atoms with Crippen LogP contribution in [0.15, 0.2) is 35.5 Å². The Morgan fingerprint density at radius 1 is 1.41 bits per heavy atom. The fourth-order valence-corrected chi connectivity index (χ4v) is 2.44. The van der Waals surface area contributed by atoms with Gasteiger partial charge in [0.25, 0.3) is 0 Å². The summed E-state index contributed by atoms with van der Waals surface area (Å²) in [5.74, 6) is -0.604. The molecule has 0 bridgehead atoms. The third-order valence-corrected chi connectivity index (χ3v) is 3.52. The zero-order valence-corrected chi connectivity index (χ0v) is 13.3. The number of nitriles is 1. The van der Waals surface area contributed by atoms with Crippen molar-refractivity contribution < 1.29 is 9.53 Å². The number of benzene rings is 1. The van der Waals surface area contributed by atoms with Crippen molar-refractivity contribution >= 4 is 23.5 Å². The first-order chi connectivity index (χ1) is 10.4. The number of para-hydroxylation sites is 1. The second-order valence-corrected chi connectivity index (χ2v) is 5.79. The molecule has 0 aliphatic carbocycles. The number of thioether (sulfide) groups is 1. The number of carbonyl (C=O) groups excluding carboxylic acids is 1. The molecule has 0 amide bonds. The normalized spacial score (nSPS) is 11.0. The minimum Gasteiger partial charge on any atom is -0.439 e. The Morgan fingerprint density at radius 3 is 2.59 bits per heavy atom. The Bertz CT molecular complexity index is 732. The first-order valence-corrected chi connectivity index (χ1v) is 7.74. The molecule has 0 aliphatic rings. The number of ether oxygens (including phenoxy) is 1. The quantitative estimate of drug-likeness (QED) is 0.688. The van der Waals surface area contributed by atoms with E-state index >= 15 is 0 Å². The number of esters is 1. The van der Waals surface area contributed by atoms with Crippen LogP contribution >= 0.6 is 11.8 Å². The zero-order chi connectivity index (χ0) is 16.3. The number of aromatic nitrogens is 2. The molecule has 0 fully saturated rings. The Morgan fingerprint density at radius 2 is 2.05 bits per heavy atom. The van der Waals surface area contributed by atoms with Crippen LogP contribution in [0, 0.1) is 11.3 Å². The Balaban J connectivity index is 2.55. The average Bonchev–Trinajstić information content (AvgIpc) is 2.84. The van der Waals surface area contributed by atoms with Crippen molar-refractivity contribution in [2.45, 2.75) is 24.6 Å². The van der Waals surface area contributed by atoms with Gasteiger partial charge >= 0.3 is 5.97 Å². The van der Waals surface area contributed by atoms with Gasteiger partial charge in [-0.15, -0.1) is 0 Å². The predicted octanol–water partition coefficient (Wildman–Crippen LogP) is 2.64. The van der Waals surface area contributed by atoms with Gasteiger partial charge in [0.1, 0.15) is 6.07 Å². The number of nitrogens with two attached hydrogens (primary N) is 1. The van der Waals surface area contributed by atoms with Crippen LogP contribution in [0.25, 0.3) is 5.69 Å². The van der Waals surface area contributed by atoms with E-state index in [0.717, 1.165) is 5.69 Å². The molecule has 0 saturated heterocycles. The molecule has 6 nitrogen and oxygen atoms in total. The Hall–Kier alpha value is -2.46. The van der Waals surface area contributed by atoms with Gasteiger partial charge in [0.15, 0.2) is 22.3 Å². The van der Waals surface area contributed by atoms with Crippen LogP contribution in [-0.4, -0.2) is 27.4 Å². The van der Waals surface area contributed by atoms with E-state index in [2.05, 4.69) is 4.98 Å². The molecule has 2 N–H and O–H groups in total. The first-order valence-electron chi connectivity index (χ1n) is 6.52. The van der Waals surface area contributed by atoms with Crippen LogP contribution in [0.5, 0.6) is 0 Å². The summed E-state index contributed by atoms with van der Waals surface area (Å²) in [4.78, 5) is 16.6. The maximum Gasteiger partial charge on any atom is 0.360 e. The second-order valence-electron chi connectivity index (χ2n) is 5.01. The summed E-state index contributed by atoms with van der Waals surface area (Å²) in [5, 5.41) is 9.59. The fraction of sp³-hybridized carbons (Fsp3) is 0.267. The SMILES string of the molecule is CSc1nc(N)c(C(=O)OC(C)(C)C#N)n1-c1ccccc1. The molecule has 0 spiro atoms. The van der Waals surface area contributed by atoms with Gasteiger partial charge in [-0.1, -0.05) is 30.0 Å². The molecule has 2 aromatic rings. The van der Waals surface area contributed by atoms with Crippen molar-refractivity contribution in [2.75, 3.05) is 12.0 Å². The van der Waals surface area contributed by atoms with Crippen molar-refractivity contribution in [2.24, 2.45) is 0 Å². The highest BCUT2D eigenvalue weighted by Crippen LogP contribution is 2.27. The number of carbonyl (C=O) groups is 1. The van der Waals surface area contributed by atoms with Crippen LogP contribution in [0.2, 0.25) is 0 Å². The molecular weight excluding hydrogens is 300 g/mol. The van der Waals surface area contributed by atoms with Crippen LogP contribution in [-0.2, 0) is 4.74 Å². The van der Waals surface area contributed by atoms with Crippen molar-refractivity contribution in [1.82, 2.24) is 9.55 Å². The van der Waals surface area contributed by atoms with Crippen LogP contribution in [0.1, 0.15) is 24.3 Å². The minimum absolute atomic E-state index is 0.0759. The van der Waals surface area contributed by atoms with Crippen LogP contribution in [0.3, 0.4) is 0 Å². The largest absolute Gasteiger partial charge is 0.439 e. The number of anilines is 1. The van der Waals surface area contributed by atoms with Crippen LogP contribution in [0.4, 0.5) is 5.82 Å². The molecule has 0 radical (unpaired) electrons. The topological polar surface area (TPSA) is 93.9 Å². The first kappa shape index (κ1) is 15.9. The maximum absolute atomic E-state index is 12.4. The molecule has 0 aliphatic heterocycles. The lowest BCUT2D eigenvalue weighted by Gasteiger charge is -2.17. The van der Waals surface area contributed by atoms with Gasteiger partial charge < -0.3 is 10.5 Å². The molecule has 0 unspecified atom stereocenters. The molecule has 7 heteroatoms. The molecule has 2 rings (SSSR count). The lowest BCUT2D eigenvalue weighted by Crippen LogP contribution is -2.27. The lowest BCUT2D eigenvalue weighted by atomic mass is 10.2. The number of rotatable bonds is 4. The van der Waals surface area contributed by atoms with Gasteiger partial charge in [-0.2, -0.15) is 5.26 Å². The van der Waals surface area contributed by atoms with E-state index in [1.54, 1.807) is 4.57 Å². The number of nitrogens with zero attached hydrogens (tertiary/aromatic N) is 3. The van der Waals surface area contributed by atoms with E-state index in [9.17, 15) is 4.79 Å². The highest BCUT2D eigenvalue weighted by Gasteiger charge is 2.29. The standard InChI is InChI=1S/C15H16N4O2S/c1-15(2,9-16)21-13(20)11-12(17)18-14(22-3)19(11)10-7-5-4-6-8-10/h4-8H,17H2,1-3H3. The van der Waals surface area contributed by atoms with Gasteiger partial charge in [0, 0.05) is 5.69 Å². The van der Waals surface area contributed by atoms with E-state index in [0.29, 0.717) is 5.16 Å². The van der Waals surface area contributed by atoms with Crippen molar-refractivity contribution in [3.63, 3.8) is 0 Å². The minimum atomic E-state index is -1.24. The molecule has 0 saturated carbocycles. The lowest BCUT2D eigenvalue weighted by molar-refractivity contribution is 0.0189. The summed E-state index contributed by atoms with van der Waals surface area (Å²) in [6.07, 6.45) is 1.84. The molecular formula is C15H16N4O2S. The highest BCUT2D eigenvalue weighted by molar-refractivity contribution is 7.98. The smallest absolute Gasteiger partial charge is 0.360 e. The summed E-state index contributed by atoms with van der Waals surface area (Å²) in [5.41, 5.74) is 5.52. The van der Waals surface area contributed by atoms with Gasteiger partial charge in [0.05, 0.1) is 0 Å². The molecule has 1 aromatic heterocycles. The summed E-state index contributed by atoms with van der Waals surface area (Å²) in [6, 6.07) is 11.2. The van der Waals surface area contributed by atoms with E-state index < -0.39 is 11.6 Å². The third-order valence-electron chi connectivity index (χ3n) is 2.88. The van der Waals surface area contributed by atoms with Gasteiger partial charge in [0.2, 0.25) is 0 Å². The van der Waals surface area contributed by atoms with Crippen molar-refractivity contribution in [3.8, 4) is 11.8 Å². The van der Waals surface area contributed by atoms with Crippen molar-refractivity contribution in [1.29, 1.82) is 5.26 Å². The molecule has 1 heterocycles. The van der Waals surface area contributed by atoms with Gasteiger partial charge in [-0.25, -0.2) is 9.78 Å². The monoisotopic (exact) mass is 316 g/mol. The summed E-state index contributed by atoms with van der Waals surface area (Å²) >= 11 is 1.37. The zero-order valence-electron chi connectivity index (χ0n) is 12.5. The van der Waals surface area contributed by atoms with E-state index in [4.69, 9.17) is 15.7 Å². The Labute approximate surface area is 132 Å². The van der Waals surface area contributed by atoms with Crippen molar-refractivity contribution in [3.05, 3.63) is 36.0 Å². The molecule has 1 aromatic carbocycles. The van der Waals surface area contributed by atoms with E-state index in [1.165, 1.54) is 25.6 Å².